The molecule has 0 radical (unpaired) electrons. The van der Waals surface area contributed by atoms with E-state index < -0.39 is 10.0 Å². The second-order valence-electron chi connectivity index (χ2n) is 3.66. The summed E-state index contributed by atoms with van der Waals surface area (Å²) in [4.78, 5) is 15.6. The molecule has 0 aromatic carbocycles. The van der Waals surface area contributed by atoms with Crippen LogP contribution in [0, 0.1) is 6.92 Å². The van der Waals surface area contributed by atoms with Crippen molar-refractivity contribution in [2.45, 2.75) is 13.3 Å². The molecule has 0 unspecified atom stereocenters. The molecule has 0 fully saturated rings. The van der Waals surface area contributed by atoms with Gasteiger partial charge in [0.05, 0.1) is 5.75 Å². The molecule has 0 spiro atoms. The first-order chi connectivity index (χ1) is 7.88. The highest BCUT2D eigenvalue weighted by atomic mass is 32.2. The summed E-state index contributed by atoms with van der Waals surface area (Å²) in [5.41, 5.74) is 1.26. The van der Waals surface area contributed by atoms with E-state index in [-0.39, 0.29) is 18.2 Å². The van der Waals surface area contributed by atoms with Gasteiger partial charge in [-0.1, -0.05) is 0 Å². The summed E-state index contributed by atoms with van der Waals surface area (Å²) in [7, 11) is -3.45. The quantitative estimate of drug-likeness (QED) is 0.713. The molecule has 0 saturated carbocycles. The van der Waals surface area contributed by atoms with Gasteiger partial charge in [-0.2, -0.15) is 0 Å². The van der Waals surface area contributed by atoms with Gasteiger partial charge in [-0.15, -0.1) is 0 Å². The molecular weight excluding hydrogens is 242 g/mol. The molecule has 0 aliphatic carbocycles. The molecular formula is C10H15N3O3S. The Labute approximate surface area is 100 Å². The smallest absolute Gasteiger partial charge is 0.251 e. The van der Waals surface area contributed by atoms with Crippen LogP contribution in [-0.2, 0) is 10.0 Å². The van der Waals surface area contributed by atoms with E-state index in [0.29, 0.717) is 12.0 Å². The number of primary sulfonamides is 1. The number of carbonyl (C=O) groups is 1. The van der Waals surface area contributed by atoms with Crippen LogP contribution >= 0.6 is 0 Å². The number of nitrogens with one attached hydrogen (secondary N) is 1. The Hall–Kier alpha value is -1.47. The number of carbonyl (C=O) groups excluding carboxylic acids is 1. The van der Waals surface area contributed by atoms with Gasteiger partial charge in [0, 0.05) is 24.0 Å². The molecule has 1 aromatic heterocycles. The number of hydrogen-bond donors (Lipinski definition) is 2. The van der Waals surface area contributed by atoms with E-state index in [9.17, 15) is 13.2 Å². The second-order valence-corrected chi connectivity index (χ2v) is 5.40. The minimum Gasteiger partial charge on any atom is -0.352 e. The standard InChI is InChI=1S/C10H15N3O3S/c1-8-7-9(3-5-12-8)10(14)13-4-2-6-17(11,15)16/h3,5,7H,2,4,6H2,1H3,(H,13,14)(H2,11,15,16). The van der Waals surface area contributed by atoms with E-state index in [4.69, 9.17) is 5.14 Å². The summed E-state index contributed by atoms with van der Waals surface area (Å²) >= 11 is 0. The molecule has 0 atom stereocenters. The van der Waals surface area contributed by atoms with E-state index in [1.807, 2.05) is 0 Å². The van der Waals surface area contributed by atoms with Crippen molar-refractivity contribution in [2.24, 2.45) is 5.14 Å². The van der Waals surface area contributed by atoms with Crippen LogP contribution in [0.15, 0.2) is 18.3 Å². The summed E-state index contributed by atoms with van der Waals surface area (Å²) in [5, 5.41) is 7.45. The first-order valence-corrected chi connectivity index (χ1v) is 6.81. The minimum atomic E-state index is -3.45. The molecule has 0 saturated heterocycles. The van der Waals surface area contributed by atoms with Gasteiger partial charge in [-0.25, -0.2) is 13.6 Å². The van der Waals surface area contributed by atoms with Crippen molar-refractivity contribution in [2.75, 3.05) is 12.3 Å². The van der Waals surface area contributed by atoms with Crippen molar-refractivity contribution < 1.29 is 13.2 Å². The predicted molar refractivity (Wildman–Crippen MR) is 63.9 cm³/mol. The van der Waals surface area contributed by atoms with Crippen LogP contribution in [0.5, 0.6) is 0 Å². The fraction of sp³-hybridized carbons (Fsp3) is 0.400. The first-order valence-electron chi connectivity index (χ1n) is 5.10. The van der Waals surface area contributed by atoms with Gasteiger partial charge in [0.2, 0.25) is 10.0 Å². The maximum Gasteiger partial charge on any atom is 0.251 e. The predicted octanol–water partition coefficient (Wildman–Crippen LogP) is -0.202. The molecule has 0 aliphatic heterocycles. The van der Waals surface area contributed by atoms with Crippen LogP contribution in [-0.4, -0.2) is 31.6 Å². The normalized spacial score (nSPS) is 11.2. The highest BCUT2D eigenvalue weighted by Gasteiger charge is 2.06. The Kier molecular flexibility index (Phi) is 4.59. The number of aromatic nitrogens is 1. The third-order valence-electron chi connectivity index (χ3n) is 2.05. The van der Waals surface area contributed by atoms with Crippen molar-refractivity contribution in [3.63, 3.8) is 0 Å². The molecule has 1 aromatic rings. The number of pyridine rings is 1. The van der Waals surface area contributed by atoms with Crippen LogP contribution in [0.2, 0.25) is 0 Å². The third-order valence-corrected chi connectivity index (χ3v) is 2.91. The van der Waals surface area contributed by atoms with E-state index in [0.717, 1.165) is 5.69 Å². The van der Waals surface area contributed by atoms with Crippen molar-refractivity contribution >= 4 is 15.9 Å². The van der Waals surface area contributed by atoms with Crippen LogP contribution in [0.3, 0.4) is 0 Å². The van der Waals surface area contributed by atoms with Crippen LogP contribution < -0.4 is 10.5 Å². The number of hydrogen-bond acceptors (Lipinski definition) is 4. The molecule has 1 heterocycles. The Morgan fingerprint density at radius 3 is 2.82 bits per heavy atom. The Morgan fingerprint density at radius 1 is 1.53 bits per heavy atom. The molecule has 1 rings (SSSR count). The zero-order valence-corrected chi connectivity index (χ0v) is 10.3. The minimum absolute atomic E-state index is 0.136. The summed E-state index contributed by atoms with van der Waals surface area (Å²) < 4.78 is 21.3. The topological polar surface area (TPSA) is 102 Å². The van der Waals surface area contributed by atoms with Crippen LogP contribution in [0.4, 0.5) is 0 Å². The average molecular weight is 257 g/mol. The number of nitrogens with two attached hydrogens (primary N) is 1. The summed E-state index contributed by atoms with van der Waals surface area (Å²) in [5.74, 6) is -0.382. The van der Waals surface area contributed by atoms with Crippen molar-refractivity contribution in [1.82, 2.24) is 10.3 Å². The molecule has 3 N–H and O–H groups in total. The SMILES string of the molecule is Cc1cc(C(=O)NCCCS(N)(=O)=O)ccn1. The van der Waals surface area contributed by atoms with E-state index in [2.05, 4.69) is 10.3 Å². The van der Waals surface area contributed by atoms with Crippen molar-refractivity contribution in [1.29, 1.82) is 0 Å². The number of nitrogens with zero attached hydrogens (tertiary/aromatic N) is 1. The van der Waals surface area contributed by atoms with Crippen molar-refractivity contribution in [3.8, 4) is 0 Å². The maximum absolute atomic E-state index is 11.6. The fourth-order valence-corrected chi connectivity index (χ4v) is 1.81. The molecule has 0 aliphatic rings. The largest absolute Gasteiger partial charge is 0.352 e. The highest BCUT2D eigenvalue weighted by molar-refractivity contribution is 7.89. The van der Waals surface area contributed by atoms with Gasteiger partial charge in [-0.05, 0) is 25.5 Å². The molecule has 6 nitrogen and oxygen atoms in total. The summed E-state index contributed by atoms with van der Waals surface area (Å²) in [6.07, 6.45) is 1.85. The van der Waals surface area contributed by atoms with Gasteiger partial charge in [0.1, 0.15) is 0 Å². The second kappa shape index (κ2) is 5.74. The van der Waals surface area contributed by atoms with Crippen LogP contribution in [0.25, 0.3) is 0 Å². The first kappa shape index (κ1) is 13.6. The zero-order chi connectivity index (χ0) is 12.9. The molecule has 7 heteroatoms. The Morgan fingerprint density at radius 2 is 2.24 bits per heavy atom. The lowest BCUT2D eigenvalue weighted by atomic mass is 10.2. The molecule has 0 bridgehead atoms. The molecule has 94 valence electrons. The van der Waals surface area contributed by atoms with E-state index >= 15 is 0 Å². The van der Waals surface area contributed by atoms with Gasteiger partial charge in [0.25, 0.3) is 5.91 Å². The van der Waals surface area contributed by atoms with Gasteiger partial charge in [-0.3, -0.25) is 9.78 Å². The lowest BCUT2D eigenvalue weighted by molar-refractivity contribution is 0.0953. The van der Waals surface area contributed by atoms with Crippen molar-refractivity contribution in [3.05, 3.63) is 29.6 Å². The lowest BCUT2D eigenvalue weighted by Gasteiger charge is -2.04. The van der Waals surface area contributed by atoms with E-state index in [1.54, 1.807) is 25.3 Å². The maximum atomic E-state index is 11.6. The van der Waals surface area contributed by atoms with Gasteiger partial charge < -0.3 is 5.32 Å². The Bertz CT molecular complexity index is 499. The monoisotopic (exact) mass is 257 g/mol. The number of sulfonamides is 1. The summed E-state index contributed by atoms with van der Waals surface area (Å²) in [6.45, 7) is 2.06. The zero-order valence-electron chi connectivity index (χ0n) is 9.51. The number of amides is 1. The van der Waals surface area contributed by atoms with E-state index in [1.165, 1.54) is 0 Å². The number of aryl methyl sites for hydroxylation is 1. The fourth-order valence-electron chi connectivity index (χ4n) is 1.26. The number of rotatable bonds is 5. The average Bonchev–Trinajstić information content (AvgIpc) is 2.23. The molecule has 1 amide bonds. The van der Waals surface area contributed by atoms with Gasteiger partial charge in [0.15, 0.2) is 0 Å². The molecule has 17 heavy (non-hydrogen) atoms. The summed E-state index contributed by atoms with van der Waals surface area (Å²) in [6, 6.07) is 3.26. The highest BCUT2D eigenvalue weighted by Crippen LogP contribution is 2.00. The van der Waals surface area contributed by atoms with Gasteiger partial charge >= 0.3 is 0 Å². The van der Waals surface area contributed by atoms with Crippen LogP contribution in [0.1, 0.15) is 22.5 Å². The Balaban J connectivity index is 2.41. The lowest BCUT2D eigenvalue weighted by Crippen LogP contribution is -2.27. The third kappa shape index (κ3) is 5.41.